The number of benzene rings is 5. The highest BCUT2D eigenvalue weighted by atomic mass is 28.3. The Morgan fingerprint density at radius 2 is 1.05 bits per heavy atom. The Balaban J connectivity index is 1.39. The molecule has 0 saturated carbocycles. The van der Waals surface area contributed by atoms with E-state index in [0.29, 0.717) is 0 Å². The van der Waals surface area contributed by atoms with Crippen LogP contribution in [-0.2, 0) is 0 Å². The third-order valence-electron chi connectivity index (χ3n) is 8.22. The summed E-state index contributed by atoms with van der Waals surface area (Å²) in [6.07, 6.45) is 1.86. The molecule has 0 radical (unpaired) electrons. The molecule has 0 atom stereocenters. The SMILES string of the molecule is c1ccc([Si](c2ccccc2)(c2ccccc2)c2ccc(-n3c4cccnc4c4c5ccccc5oc43)cc2)cc1. The van der Waals surface area contributed by atoms with E-state index in [9.17, 15) is 0 Å². The number of para-hydroxylation sites is 1. The van der Waals surface area contributed by atoms with Crippen molar-refractivity contribution in [2.75, 3.05) is 0 Å². The molecule has 0 amide bonds. The van der Waals surface area contributed by atoms with Gasteiger partial charge in [0.2, 0.25) is 5.71 Å². The molecule has 41 heavy (non-hydrogen) atoms. The van der Waals surface area contributed by atoms with Crippen molar-refractivity contribution in [3.8, 4) is 5.69 Å². The van der Waals surface area contributed by atoms with Crippen LogP contribution in [0.2, 0.25) is 0 Å². The van der Waals surface area contributed by atoms with E-state index in [1.807, 2.05) is 24.4 Å². The maximum atomic E-state index is 6.46. The average molecular weight is 543 g/mol. The van der Waals surface area contributed by atoms with Gasteiger partial charge in [0.05, 0.1) is 10.9 Å². The van der Waals surface area contributed by atoms with Crippen LogP contribution in [-0.4, -0.2) is 17.6 Å². The molecule has 3 nitrogen and oxygen atoms in total. The normalized spacial score (nSPS) is 11.9. The Morgan fingerprint density at radius 1 is 0.512 bits per heavy atom. The third-order valence-corrected chi connectivity index (χ3v) is 13.0. The van der Waals surface area contributed by atoms with E-state index in [2.05, 4.69) is 138 Å². The van der Waals surface area contributed by atoms with Crippen LogP contribution in [0.4, 0.5) is 0 Å². The van der Waals surface area contributed by atoms with Crippen molar-refractivity contribution in [2.45, 2.75) is 0 Å². The van der Waals surface area contributed by atoms with E-state index < -0.39 is 8.07 Å². The van der Waals surface area contributed by atoms with Gasteiger partial charge in [-0.05, 0) is 51.1 Å². The molecule has 0 aliphatic rings. The number of hydrogen-bond donors (Lipinski definition) is 0. The fourth-order valence-corrected chi connectivity index (χ4v) is 11.2. The van der Waals surface area contributed by atoms with Gasteiger partial charge in [0.1, 0.15) is 11.1 Å². The first-order valence-corrected chi connectivity index (χ1v) is 15.9. The Labute approximate surface area is 239 Å². The van der Waals surface area contributed by atoms with Gasteiger partial charge >= 0.3 is 0 Å². The minimum absolute atomic E-state index is 0.824. The smallest absolute Gasteiger partial charge is 0.215 e. The highest BCUT2D eigenvalue weighted by molar-refractivity contribution is 7.19. The fraction of sp³-hybridized carbons (Fsp3) is 0. The van der Waals surface area contributed by atoms with Crippen molar-refractivity contribution in [3.63, 3.8) is 0 Å². The zero-order valence-electron chi connectivity index (χ0n) is 22.3. The molecular formula is C37H26N2OSi. The zero-order valence-corrected chi connectivity index (χ0v) is 23.3. The fourth-order valence-electron chi connectivity index (χ4n) is 6.48. The highest BCUT2D eigenvalue weighted by Gasteiger charge is 2.41. The highest BCUT2D eigenvalue weighted by Crippen LogP contribution is 2.37. The van der Waals surface area contributed by atoms with Crippen LogP contribution in [0.25, 0.3) is 38.8 Å². The van der Waals surface area contributed by atoms with Crippen LogP contribution in [0.15, 0.2) is 162 Å². The summed E-state index contributed by atoms with van der Waals surface area (Å²) in [5.41, 5.74) is 4.75. The predicted molar refractivity (Wildman–Crippen MR) is 172 cm³/mol. The lowest BCUT2D eigenvalue weighted by atomic mass is 10.2. The Hall–Kier alpha value is -5.19. The maximum Gasteiger partial charge on any atom is 0.215 e. The molecule has 0 saturated heterocycles. The van der Waals surface area contributed by atoms with Crippen LogP contribution in [0.3, 0.4) is 0 Å². The lowest BCUT2D eigenvalue weighted by Gasteiger charge is -2.34. The van der Waals surface area contributed by atoms with Gasteiger partial charge in [-0.2, -0.15) is 0 Å². The van der Waals surface area contributed by atoms with Crippen molar-refractivity contribution in [2.24, 2.45) is 0 Å². The van der Waals surface area contributed by atoms with E-state index in [1.165, 1.54) is 20.7 Å². The van der Waals surface area contributed by atoms with Crippen LogP contribution in [0.5, 0.6) is 0 Å². The molecule has 0 unspecified atom stereocenters. The quantitative estimate of drug-likeness (QED) is 0.189. The van der Waals surface area contributed by atoms with Gasteiger partial charge < -0.3 is 4.42 Å². The number of furan rings is 1. The second kappa shape index (κ2) is 9.47. The maximum absolute atomic E-state index is 6.46. The number of fused-ring (bicyclic) bond motifs is 5. The molecule has 4 heteroatoms. The van der Waals surface area contributed by atoms with Crippen LogP contribution in [0, 0.1) is 0 Å². The van der Waals surface area contributed by atoms with Gasteiger partial charge in [-0.15, -0.1) is 0 Å². The molecular weight excluding hydrogens is 517 g/mol. The van der Waals surface area contributed by atoms with Gasteiger partial charge in [-0.1, -0.05) is 121 Å². The van der Waals surface area contributed by atoms with Crippen molar-refractivity contribution >= 4 is 61.9 Å². The number of hydrogen-bond acceptors (Lipinski definition) is 2. The summed E-state index contributed by atoms with van der Waals surface area (Å²) in [4.78, 5) is 4.78. The monoisotopic (exact) mass is 542 g/mol. The molecule has 8 rings (SSSR count). The molecule has 0 spiro atoms. The van der Waals surface area contributed by atoms with Gasteiger partial charge in [0.25, 0.3) is 0 Å². The Kier molecular flexibility index (Phi) is 5.47. The van der Waals surface area contributed by atoms with E-state index in [0.717, 1.165) is 38.8 Å². The summed E-state index contributed by atoms with van der Waals surface area (Å²) in [5.74, 6) is 0. The molecule has 3 aromatic heterocycles. The number of pyridine rings is 1. The number of aromatic nitrogens is 2. The lowest BCUT2D eigenvalue weighted by molar-refractivity contribution is 0.645. The topological polar surface area (TPSA) is 31.0 Å². The standard InChI is InChI=1S/C37H26N2OSi/c1-4-13-28(14-5-1)41(29-15-6-2-7-16-29,30-17-8-3-9-18-30)31-24-22-27(23-25-31)39-33-20-12-26-38-36(33)35-32-19-10-11-21-34(32)40-37(35)39/h1-26H. The van der Waals surface area contributed by atoms with Gasteiger partial charge in [0.15, 0.2) is 8.07 Å². The first-order chi connectivity index (χ1) is 20.4. The summed E-state index contributed by atoms with van der Waals surface area (Å²) < 4.78 is 8.67. The molecule has 0 N–H and O–H groups in total. The largest absolute Gasteiger partial charge is 0.439 e. The van der Waals surface area contributed by atoms with Crippen molar-refractivity contribution < 1.29 is 4.42 Å². The second-order valence-corrected chi connectivity index (χ2v) is 14.2. The summed E-state index contributed by atoms with van der Waals surface area (Å²) in [7, 11) is -2.59. The summed E-state index contributed by atoms with van der Waals surface area (Å²) in [6.45, 7) is 0. The van der Waals surface area contributed by atoms with Gasteiger partial charge in [0, 0.05) is 17.3 Å². The van der Waals surface area contributed by atoms with Crippen molar-refractivity contribution in [1.29, 1.82) is 0 Å². The molecule has 3 heterocycles. The molecule has 0 fully saturated rings. The first kappa shape index (κ1) is 23.7. The van der Waals surface area contributed by atoms with Crippen molar-refractivity contribution in [1.82, 2.24) is 9.55 Å². The molecule has 0 bridgehead atoms. The van der Waals surface area contributed by atoms with E-state index >= 15 is 0 Å². The van der Waals surface area contributed by atoms with E-state index in [-0.39, 0.29) is 0 Å². The summed E-state index contributed by atoms with van der Waals surface area (Å²) in [6, 6.07) is 54.5. The minimum atomic E-state index is -2.59. The van der Waals surface area contributed by atoms with Gasteiger partial charge in [-0.3, -0.25) is 9.55 Å². The zero-order chi connectivity index (χ0) is 27.2. The molecule has 0 aliphatic heterocycles. The summed E-state index contributed by atoms with van der Waals surface area (Å²) >= 11 is 0. The van der Waals surface area contributed by atoms with Crippen LogP contribution < -0.4 is 20.7 Å². The van der Waals surface area contributed by atoms with Gasteiger partial charge in [-0.25, -0.2) is 0 Å². The average Bonchev–Trinajstić information content (AvgIpc) is 3.58. The molecule has 5 aromatic carbocycles. The Morgan fingerprint density at radius 3 is 1.66 bits per heavy atom. The molecule has 194 valence electrons. The second-order valence-electron chi connectivity index (χ2n) is 10.4. The molecule has 8 aromatic rings. The van der Waals surface area contributed by atoms with Crippen LogP contribution >= 0.6 is 0 Å². The number of rotatable bonds is 5. The lowest BCUT2D eigenvalue weighted by Crippen LogP contribution is -2.74. The third kappa shape index (κ3) is 3.54. The molecule has 0 aliphatic carbocycles. The van der Waals surface area contributed by atoms with E-state index in [4.69, 9.17) is 9.40 Å². The van der Waals surface area contributed by atoms with Crippen molar-refractivity contribution in [3.05, 3.63) is 158 Å². The summed E-state index contributed by atoms with van der Waals surface area (Å²) in [5, 5.41) is 7.56. The van der Waals surface area contributed by atoms with Crippen LogP contribution in [0.1, 0.15) is 0 Å². The Bertz CT molecular complexity index is 2030. The first-order valence-electron chi connectivity index (χ1n) is 13.9. The number of nitrogens with zero attached hydrogens (tertiary/aromatic N) is 2. The minimum Gasteiger partial charge on any atom is -0.439 e. The van der Waals surface area contributed by atoms with E-state index in [1.54, 1.807) is 0 Å². The predicted octanol–water partition coefficient (Wildman–Crippen LogP) is 6.30.